The summed E-state index contributed by atoms with van der Waals surface area (Å²) >= 11 is 0. The molecule has 1 rings (SSSR count). The highest BCUT2D eigenvalue weighted by atomic mass is 16.4. The third-order valence-corrected chi connectivity index (χ3v) is 4.74. The molecular weight excluding hydrogens is 224 g/mol. The number of unbranched alkanes of at least 4 members (excludes halogenated alkanes) is 1. The lowest BCUT2D eigenvalue weighted by Gasteiger charge is -2.32. The van der Waals surface area contributed by atoms with Crippen LogP contribution in [0.5, 0.6) is 0 Å². The lowest BCUT2D eigenvalue weighted by Crippen LogP contribution is -2.33. The minimum Gasteiger partial charge on any atom is -0.481 e. The molecule has 0 heterocycles. The quantitative estimate of drug-likeness (QED) is 0.648. The number of aliphatic carboxylic acids is 1. The minimum absolute atomic E-state index is 0.398. The molecule has 2 nitrogen and oxygen atoms in total. The number of carboxylic acids is 1. The van der Waals surface area contributed by atoms with Gasteiger partial charge in [0.1, 0.15) is 0 Å². The van der Waals surface area contributed by atoms with Crippen molar-refractivity contribution >= 4 is 5.97 Å². The number of carbonyl (C=O) groups is 1. The Morgan fingerprint density at radius 1 is 1.17 bits per heavy atom. The normalized spacial score (nSPS) is 21.2. The van der Waals surface area contributed by atoms with Crippen LogP contribution in [-0.2, 0) is 4.79 Å². The first kappa shape index (κ1) is 15.5. The lowest BCUT2D eigenvalue weighted by atomic mass is 9.72. The van der Waals surface area contributed by atoms with Crippen molar-refractivity contribution in [1.82, 2.24) is 0 Å². The lowest BCUT2D eigenvalue weighted by molar-refractivity contribution is -0.151. The molecule has 1 unspecified atom stereocenters. The highest BCUT2D eigenvalue weighted by Gasteiger charge is 2.39. The molecule has 0 spiro atoms. The molecule has 1 fully saturated rings. The van der Waals surface area contributed by atoms with Gasteiger partial charge < -0.3 is 5.11 Å². The number of rotatable bonds is 7. The Bertz CT molecular complexity index is 239. The van der Waals surface area contributed by atoms with Gasteiger partial charge in [0.05, 0.1) is 5.41 Å². The number of hydrogen-bond acceptors (Lipinski definition) is 1. The molecule has 0 aromatic rings. The van der Waals surface area contributed by atoms with Gasteiger partial charge in [0, 0.05) is 0 Å². The zero-order chi connectivity index (χ0) is 13.4. The summed E-state index contributed by atoms with van der Waals surface area (Å²) in [6.07, 6.45) is 12.2. The summed E-state index contributed by atoms with van der Waals surface area (Å²) in [6, 6.07) is 0. The maximum atomic E-state index is 11.8. The summed E-state index contributed by atoms with van der Waals surface area (Å²) in [5, 5.41) is 9.68. The molecule has 0 aliphatic heterocycles. The van der Waals surface area contributed by atoms with Gasteiger partial charge in [0.25, 0.3) is 0 Å². The second kappa shape index (κ2) is 7.81. The molecule has 18 heavy (non-hydrogen) atoms. The van der Waals surface area contributed by atoms with Gasteiger partial charge in [-0.15, -0.1) is 0 Å². The molecule has 0 saturated heterocycles. The van der Waals surface area contributed by atoms with Crippen molar-refractivity contribution in [2.75, 3.05) is 0 Å². The third-order valence-electron chi connectivity index (χ3n) is 4.74. The van der Waals surface area contributed by atoms with E-state index in [1.165, 1.54) is 32.1 Å². The average Bonchev–Trinajstić information content (AvgIpc) is 2.61. The average molecular weight is 254 g/mol. The molecule has 106 valence electrons. The van der Waals surface area contributed by atoms with Crippen LogP contribution in [0.3, 0.4) is 0 Å². The van der Waals surface area contributed by atoms with Crippen molar-refractivity contribution in [3.63, 3.8) is 0 Å². The fraction of sp³-hybridized carbons (Fsp3) is 0.938. The van der Waals surface area contributed by atoms with Crippen molar-refractivity contribution in [1.29, 1.82) is 0 Å². The maximum absolute atomic E-state index is 11.8. The van der Waals surface area contributed by atoms with Crippen LogP contribution in [0.15, 0.2) is 0 Å². The van der Waals surface area contributed by atoms with E-state index >= 15 is 0 Å². The highest BCUT2D eigenvalue weighted by molar-refractivity contribution is 5.74. The second-order valence-corrected chi connectivity index (χ2v) is 6.12. The monoisotopic (exact) mass is 254 g/mol. The third kappa shape index (κ3) is 4.29. The van der Waals surface area contributed by atoms with E-state index in [1.807, 2.05) is 0 Å². The second-order valence-electron chi connectivity index (χ2n) is 6.12. The van der Waals surface area contributed by atoms with E-state index < -0.39 is 11.4 Å². The van der Waals surface area contributed by atoms with Gasteiger partial charge in [0.15, 0.2) is 0 Å². The van der Waals surface area contributed by atoms with Crippen LogP contribution in [0, 0.1) is 11.3 Å². The SMILES string of the molecule is CCCCC(CC)CC1(C(=O)O)CCCCCC1. The Balaban J connectivity index is 2.67. The van der Waals surface area contributed by atoms with Gasteiger partial charge in [-0.3, -0.25) is 4.79 Å². The Morgan fingerprint density at radius 3 is 2.22 bits per heavy atom. The summed E-state index contributed by atoms with van der Waals surface area (Å²) in [5.74, 6) is 0.0819. The van der Waals surface area contributed by atoms with E-state index in [-0.39, 0.29) is 0 Å². The van der Waals surface area contributed by atoms with Crippen molar-refractivity contribution in [2.24, 2.45) is 11.3 Å². The number of carboxylic acid groups (broad SMARTS) is 1. The first-order valence-electron chi connectivity index (χ1n) is 7.88. The molecule has 1 N–H and O–H groups in total. The Hall–Kier alpha value is -0.530. The van der Waals surface area contributed by atoms with E-state index in [2.05, 4.69) is 13.8 Å². The van der Waals surface area contributed by atoms with E-state index in [9.17, 15) is 9.90 Å². The molecule has 0 aromatic carbocycles. The van der Waals surface area contributed by atoms with Crippen LogP contribution in [0.2, 0.25) is 0 Å². The molecular formula is C16H30O2. The topological polar surface area (TPSA) is 37.3 Å². The van der Waals surface area contributed by atoms with Crippen LogP contribution in [-0.4, -0.2) is 11.1 Å². The largest absolute Gasteiger partial charge is 0.481 e. The fourth-order valence-electron chi connectivity index (χ4n) is 3.41. The zero-order valence-electron chi connectivity index (χ0n) is 12.2. The van der Waals surface area contributed by atoms with Crippen LogP contribution in [0.4, 0.5) is 0 Å². The maximum Gasteiger partial charge on any atom is 0.309 e. The van der Waals surface area contributed by atoms with Crippen LogP contribution in [0.1, 0.15) is 84.5 Å². The molecule has 2 heteroatoms. The van der Waals surface area contributed by atoms with Crippen LogP contribution in [0.25, 0.3) is 0 Å². The molecule has 1 aliphatic rings. The van der Waals surface area contributed by atoms with E-state index in [0.29, 0.717) is 5.92 Å². The van der Waals surface area contributed by atoms with Crippen molar-refractivity contribution < 1.29 is 9.90 Å². The van der Waals surface area contributed by atoms with Gasteiger partial charge >= 0.3 is 5.97 Å². The smallest absolute Gasteiger partial charge is 0.309 e. The van der Waals surface area contributed by atoms with Crippen molar-refractivity contribution in [3.8, 4) is 0 Å². The summed E-state index contributed by atoms with van der Waals surface area (Å²) in [7, 11) is 0. The highest BCUT2D eigenvalue weighted by Crippen LogP contribution is 2.42. The zero-order valence-corrected chi connectivity index (χ0v) is 12.2. The predicted octanol–water partition coefficient (Wildman–Crippen LogP) is 5.02. The molecule has 1 aliphatic carbocycles. The van der Waals surface area contributed by atoms with Gasteiger partial charge in [0.2, 0.25) is 0 Å². The van der Waals surface area contributed by atoms with Gasteiger partial charge in [-0.25, -0.2) is 0 Å². The van der Waals surface area contributed by atoms with Crippen molar-refractivity contribution in [2.45, 2.75) is 84.5 Å². The summed E-state index contributed by atoms with van der Waals surface area (Å²) < 4.78 is 0. The van der Waals surface area contributed by atoms with Crippen LogP contribution < -0.4 is 0 Å². The molecule has 1 atom stereocenters. The van der Waals surface area contributed by atoms with Crippen LogP contribution >= 0.6 is 0 Å². The van der Waals surface area contributed by atoms with E-state index in [1.54, 1.807) is 0 Å². The summed E-state index contributed by atoms with van der Waals surface area (Å²) in [6.45, 7) is 4.43. The fourth-order valence-corrected chi connectivity index (χ4v) is 3.41. The predicted molar refractivity (Wildman–Crippen MR) is 75.7 cm³/mol. The Labute approximate surface area is 112 Å². The molecule has 0 radical (unpaired) electrons. The van der Waals surface area contributed by atoms with Gasteiger partial charge in [-0.2, -0.15) is 0 Å². The van der Waals surface area contributed by atoms with Gasteiger partial charge in [-0.05, 0) is 25.2 Å². The molecule has 0 amide bonds. The Kier molecular flexibility index (Phi) is 6.73. The Morgan fingerprint density at radius 2 is 1.78 bits per heavy atom. The summed E-state index contributed by atoms with van der Waals surface area (Å²) in [4.78, 5) is 11.8. The summed E-state index contributed by atoms with van der Waals surface area (Å²) in [5.41, 5.74) is -0.398. The standard InChI is InChI=1S/C16H30O2/c1-3-5-10-14(4-2)13-16(15(17)18)11-8-6-7-9-12-16/h14H,3-13H2,1-2H3,(H,17,18). The first-order chi connectivity index (χ1) is 8.64. The molecule has 1 saturated carbocycles. The van der Waals surface area contributed by atoms with E-state index in [0.717, 1.165) is 38.5 Å². The minimum atomic E-state index is -0.528. The molecule has 0 aromatic heterocycles. The first-order valence-corrected chi connectivity index (χ1v) is 7.88. The van der Waals surface area contributed by atoms with E-state index in [4.69, 9.17) is 0 Å². The number of hydrogen-bond donors (Lipinski definition) is 1. The molecule has 0 bridgehead atoms. The van der Waals surface area contributed by atoms with Crippen molar-refractivity contribution in [3.05, 3.63) is 0 Å². The van der Waals surface area contributed by atoms with Gasteiger partial charge in [-0.1, -0.05) is 65.2 Å².